The van der Waals surface area contributed by atoms with Gasteiger partial charge in [0, 0.05) is 11.4 Å². The predicted molar refractivity (Wildman–Crippen MR) is 114 cm³/mol. The largest absolute Gasteiger partial charge is 0.454 e. The number of nitrogens with zero attached hydrogens (tertiary/aromatic N) is 2. The summed E-state index contributed by atoms with van der Waals surface area (Å²) in [4.78, 5) is 25.2. The molecule has 2 atom stereocenters. The summed E-state index contributed by atoms with van der Waals surface area (Å²) in [6, 6.07) is 5.99. The molecule has 1 N–H and O–H groups in total. The molecule has 0 radical (unpaired) electrons. The van der Waals surface area contributed by atoms with Gasteiger partial charge in [0.25, 0.3) is 5.56 Å². The highest BCUT2D eigenvalue weighted by molar-refractivity contribution is 7.18. The van der Waals surface area contributed by atoms with Crippen molar-refractivity contribution in [2.45, 2.75) is 45.7 Å². The van der Waals surface area contributed by atoms with Gasteiger partial charge in [-0.05, 0) is 62.4 Å². The fourth-order valence-electron chi connectivity index (χ4n) is 4.24. The summed E-state index contributed by atoms with van der Waals surface area (Å²) in [6.45, 7) is 5.36. The average molecular weight is 412 g/mol. The van der Waals surface area contributed by atoms with Crippen LogP contribution in [0.3, 0.4) is 0 Å². The van der Waals surface area contributed by atoms with Crippen molar-refractivity contribution in [3.63, 3.8) is 0 Å². The molecule has 2 aliphatic rings. The van der Waals surface area contributed by atoms with E-state index in [0.717, 1.165) is 58.9 Å². The second-order valence-corrected chi connectivity index (χ2v) is 9.35. The quantitative estimate of drug-likeness (QED) is 0.702. The van der Waals surface area contributed by atoms with Crippen molar-refractivity contribution in [2.24, 2.45) is 5.92 Å². The Balaban J connectivity index is 1.41. The first-order chi connectivity index (χ1) is 14.0. The van der Waals surface area contributed by atoms with Crippen LogP contribution in [0.2, 0.25) is 0 Å². The van der Waals surface area contributed by atoms with Crippen LogP contribution in [0.1, 0.15) is 48.1 Å². The number of thiophene rings is 1. The number of H-pyrrole nitrogens is 1. The molecule has 1 aromatic carbocycles. The van der Waals surface area contributed by atoms with Gasteiger partial charge in [-0.3, -0.25) is 9.69 Å². The average Bonchev–Trinajstić information content (AvgIpc) is 3.30. The number of aryl methyl sites for hydroxylation is 1. The van der Waals surface area contributed by atoms with Crippen LogP contribution in [-0.4, -0.2) is 28.7 Å². The van der Waals surface area contributed by atoms with Crippen molar-refractivity contribution >= 4 is 21.6 Å². The summed E-state index contributed by atoms with van der Waals surface area (Å²) in [7, 11) is 2.04. The Morgan fingerprint density at radius 3 is 3.03 bits per heavy atom. The van der Waals surface area contributed by atoms with Gasteiger partial charge in [0.2, 0.25) is 6.79 Å². The lowest BCUT2D eigenvalue weighted by Gasteiger charge is -2.24. The Bertz CT molecular complexity index is 1140. The van der Waals surface area contributed by atoms with Gasteiger partial charge in [-0.25, -0.2) is 4.98 Å². The molecular weight excluding hydrogens is 386 g/mol. The van der Waals surface area contributed by atoms with E-state index in [1.165, 1.54) is 10.4 Å². The Hall–Kier alpha value is -2.38. The van der Waals surface area contributed by atoms with E-state index in [1.807, 2.05) is 25.2 Å². The Morgan fingerprint density at radius 2 is 2.17 bits per heavy atom. The number of aromatic nitrogens is 2. The zero-order chi connectivity index (χ0) is 20.1. The van der Waals surface area contributed by atoms with Crippen molar-refractivity contribution in [1.82, 2.24) is 14.9 Å². The lowest BCUT2D eigenvalue weighted by Crippen LogP contribution is -2.26. The molecule has 6 nitrogen and oxygen atoms in total. The molecule has 7 heteroatoms. The Morgan fingerprint density at radius 1 is 1.34 bits per heavy atom. The predicted octanol–water partition coefficient (Wildman–Crippen LogP) is 4.03. The third-order valence-electron chi connectivity index (χ3n) is 6.11. The lowest BCUT2D eigenvalue weighted by atomic mass is 9.89. The molecule has 3 aromatic rings. The number of rotatable bonds is 4. The fourth-order valence-corrected chi connectivity index (χ4v) is 5.63. The first-order valence-corrected chi connectivity index (χ1v) is 10.9. The van der Waals surface area contributed by atoms with Gasteiger partial charge in [-0.1, -0.05) is 13.0 Å². The molecule has 0 saturated heterocycles. The normalized spacial score (nSPS) is 19.0. The number of benzene rings is 1. The maximum absolute atomic E-state index is 12.9. The van der Waals surface area contributed by atoms with Crippen LogP contribution in [0.15, 0.2) is 23.0 Å². The van der Waals surface area contributed by atoms with Crippen LogP contribution in [0.5, 0.6) is 11.5 Å². The van der Waals surface area contributed by atoms with Gasteiger partial charge in [-0.15, -0.1) is 11.3 Å². The molecule has 0 amide bonds. The molecule has 152 valence electrons. The van der Waals surface area contributed by atoms with Gasteiger partial charge in [0.1, 0.15) is 10.7 Å². The molecule has 0 fully saturated rings. The van der Waals surface area contributed by atoms with Gasteiger partial charge < -0.3 is 14.5 Å². The highest BCUT2D eigenvalue weighted by Gasteiger charge is 2.24. The molecule has 2 unspecified atom stereocenters. The summed E-state index contributed by atoms with van der Waals surface area (Å²) >= 11 is 1.70. The third-order valence-corrected chi connectivity index (χ3v) is 7.26. The smallest absolute Gasteiger partial charge is 0.259 e. The van der Waals surface area contributed by atoms with Gasteiger partial charge in [-0.2, -0.15) is 0 Å². The van der Waals surface area contributed by atoms with Crippen molar-refractivity contribution < 1.29 is 9.47 Å². The van der Waals surface area contributed by atoms with E-state index in [0.29, 0.717) is 5.92 Å². The molecule has 0 bridgehead atoms. The van der Waals surface area contributed by atoms with E-state index < -0.39 is 0 Å². The van der Waals surface area contributed by atoms with E-state index in [9.17, 15) is 4.79 Å². The second-order valence-electron chi connectivity index (χ2n) is 8.26. The minimum atomic E-state index is -0.0180. The summed E-state index contributed by atoms with van der Waals surface area (Å²) < 4.78 is 10.9. The van der Waals surface area contributed by atoms with E-state index in [1.54, 1.807) is 11.3 Å². The first kappa shape index (κ1) is 18.6. The lowest BCUT2D eigenvalue weighted by molar-refractivity contribution is 0.174. The molecule has 29 heavy (non-hydrogen) atoms. The number of hydrogen-bond donors (Lipinski definition) is 1. The molecule has 0 spiro atoms. The summed E-state index contributed by atoms with van der Waals surface area (Å²) in [5, 5.41) is 0.811. The molecule has 1 aliphatic carbocycles. The van der Waals surface area contributed by atoms with Crippen molar-refractivity contribution in [2.75, 3.05) is 13.8 Å². The van der Waals surface area contributed by atoms with Crippen molar-refractivity contribution in [3.8, 4) is 11.5 Å². The molecule has 2 aromatic heterocycles. The first-order valence-electron chi connectivity index (χ1n) is 10.1. The highest BCUT2D eigenvalue weighted by Crippen LogP contribution is 2.36. The summed E-state index contributed by atoms with van der Waals surface area (Å²) in [6.07, 6.45) is 3.19. The van der Waals surface area contributed by atoms with Crippen LogP contribution in [0.4, 0.5) is 0 Å². The topological polar surface area (TPSA) is 67.5 Å². The van der Waals surface area contributed by atoms with Crippen molar-refractivity contribution in [3.05, 3.63) is 50.4 Å². The monoisotopic (exact) mass is 411 g/mol. The third kappa shape index (κ3) is 3.32. The fraction of sp³-hybridized carbons (Fsp3) is 0.455. The molecule has 0 saturated carbocycles. The molecular formula is C22H25N3O3S. The summed E-state index contributed by atoms with van der Waals surface area (Å²) in [5.41, 5.74) is 2.36. The van der Waals surface area contributed by atoms with Gasteiger partial charge in [0.15, 0.2) is 11.5 Å². The molecule has 3 heterocycles. The Kier molecular flexibility index (Phi) is 4.59. The summed E-state index contributed by atoms with van der Waals surface area (Å²) in [5.74, 6) is 2.98. The number of nitrogens with one attached hydrogen (secondary N) is 1. The van der Waals surface area contributed by atoms with Crippen LogP contribution in [0, 0.1) is 5.92 Å². The number of hydrogen-bond acceptors (Lipinski definition) is 6. The van der Waals surface area contributed by atoms with E-state index in [2.05, 4.69) is 23.7 Å². The zero-order valence-corrected chi connectivity index (χ0v) is 17.8. The minimum absolute atomic E-state index is 0.000354. The Labute approximate surface area is 173 Å². The van der Waals surface area contributed by atoms with Crippen LogP contribution in [-0.2, 0) is 19.4 Å². The maximum Gasteiger partial charge on any atom is 0.259 e. The number of aromatic amines is 1. The highest BCUT2D eigenvalue weighted by atomic mass is 32.1. The second kappa shape index (κ2) is 7.15. The molecule has 5 rings (SSSR count). The maximum atomic E-state index is 12.9. The van der Waals surface area contributed by atoms with Gasteiger partial charge in [0.05, 0.1) is 11.4 Å². The van der Waals surface area contributed by atoms with Crippen molar-refractivity contribution in [1.29, 1.82) is 0 Å². The number of ether oxygens (including phenoxy) is 2. The number of fused-ring (bicyclic) bond motifs is 4. The van der Waals surface area contributed by atoms with Crippen LogP contribution >= 0.6 is 11.3 Å². The standard InChI is InChI=1S/C22H25N3O3S/c1-12-4-6-15-18(8-12)29-22-19(15)21(26)23-20(24-22)13(2)25(3)10-14-5-7-16-17(9-14)28-11-27-16/h5,7,9,12-13H,4,6,8,10-11H2,1-3H3,(H,23,24,26). The van der Waals surface area contributed by atoms with Gasteiger partial charge >= 0.3 is 0 Å². The van der Waals surface area contributed by atoms with E-state index in [4.69, 9.17) is 14.5 Å². The molecule has 1 aliphatic heterocycles. The SMILES string of the molecule is CC1CCc2c(sc3nc(C(C)N(C)Cc4ccc5c(c4)OCO5)[nH]c(=O)c23)C1. The van der Waals surface area contributed by atoms with Crippen LogP contribution in [0.25, 0.3) is 10.2 Å². The van der Waals surface area contributed by atoms with E-state index >= 15 is 0 Å². The van der Waals surface area contributed by atoms with E-state index in [-0.39, 0.29) is 18.4 Å². The van der Waals surface area contributed by atoms with Crippen LogP contribution < -0.4 is 15.0 Å². The minimum Gasteiger partial charge on any atom is -0.454 e. The zero-order valence-electron chi connectivity index (χ0n) is 16.9.